The molecule has 0 unspecified atom stereocenters. The molecule has 1 saturated carbocycles. The monoisotopic (exact) mass is 494 g/mol. The third kappa shape index (κ3) is 5.48. The first-order valence-electron chi connectivity index (χ1n) is 12.9. The molecule has 0 amide bonds. The standard InChI is InChI=1S/C33H34O4/c1-5-37-33(36)32-29(35)20-27(25-16-10-7-13-22(25)3)30(31(32)26-17-11-8-14-23(26)4)28(34)19-18-24-15-9-6-12-21(24)2/h6-19,27,30-32H,5,20H2,1-4H3/b19-18+/t27-,30-,31+,32+/m0/s1. The molecule has 1 fully saturated rings. The van der Waals surface area contributed by atoms with Crippen LogP contribution in [0.4, 0.5) is 0 Å². The first-order valence-corrected chi connectivity index (χ1v) is 12.9. The van der Waals surface area contributed by atoms with E-state index in [1.807, 2.05) is 99.6 Å². The van der Waals surface area contributed by atoms with Crippen molar-refractivity contribution in [2.45, 2.75) is 46.0 Å². The van der Waals surface area contributed by atoms with Gasteiger partial charge in [0.1, 0.15) is 11.7 Å². The smallest absolute Gasteiger partial charge is 0.317 e. The molecule has 0 N–H and O–H groups in total. The van der Waals surface area contributed by atoms with Crippen LogP contribution >= 0.6 is 0 Å². The summed E-state index contributed by atoms with van der Waals surface area (Å²) in [6.07, 6.45) is 3.59. The molecule has 0 saturated heterocycles. The second-order valence-electron chi connectivity index (χ2n) is 9.86. The Morgan fingerprint density at radius 3 is 2.00 bits per heavy atom. The van der Waals surface area contributed by atoms with E-state index >= 15 is 0 Å². The average molecular weight is 495 g/mol. The number of carbonyl (C=O) groups excluding carboxylic acids is 3. The van der Waals surface area contributed by atoms with E-state index in [0.29, 0.717) is 0 Å². The molecule has 4 heteroatoms. The van der Waals surface area contributed by atoms with Gasteiger partial charge in [-0.3, -0.25) is 14.4 Å². The van der Waals surface area contributed by atoms with E-state index < -0.39 is 23.7 Å². The zero-order chi connectivity index (χ0) is 26.5. The minimum absolute atomic E-state index is 0.0912. The van der Waals surface area contributed by atoms with Crippen molar-refractivity contribution in [3.05, 3.63) is 112 Å². The highest BCUT2D eigenvalue weighted by molar-refractivity contribution is 6.05. The molecule has 0 heterocycles. The van der Waals surface area contributed by atoms with E-state index in [-0.39, 0.29) is 30.5 Å². The molecule has 0 spiro atoms. The number of Topliss-reactive ketones (excluding diaryl/α,β-unsaturated/α-hetero) is 1. The van der Waals surface area contributed by atoms with Gasteiger partial charge >= 0.3 is 5.97 Å². The summed E-state index contributed by atoms with van der Waals surface area (Å²) in [6, 6.07) is 23.5. The van der Waals surface area contributed by atoms with Crippen molar-refractivity contribution in [3.8, 4) is 0 Å². The predicted octanol–water partition coefficient (Wildman–Crippen LogP) is 6.53. The summed E-state index contributed by atoms with van der Waals surface area (Å²) in [5.74, 6) is -3.42. The Balaban J connectivity index is 1.90. The number of benzene rings is 3. The number of esters is 1. The molecule has 0 bridgehead atoms. The summed E-state index contributed by atoms with van der Waals surface area (Å²) in [4.78, 5) is 41.1. The van der Waals surface area contributed by atoms with Crippen LogP contribution in [0.15, 0.2) is 78.9 Å². The van der Waals surface area contributed by atoms with Gasteiger partial charge in [0.05, 0.1) is 6.61 Å². The van der Waals surface area contributed by atoms with Crippen molar-refractivity contribution in [1.82, 2.24) is 0 Å². The van der Waals surface area contributed by atoms with Crippen molar-refractivity contribution < 1.29 is 19.1 Å². The molecule has 4 nitrogen and oxygen atoms in total. The lowest BCUT2D eigenvalue weighted by atomic mass is 9.59. The minimum Gasteiger partial charge on any atom is -0.465 e. The number of rotatable bonds is 7. The normalized spacial score (nSPS) is 21.7. The lowest BCUT2D eigenvalue weighted by Crippen LogP contribution is -2.45. The maximum atomic E-state index is 14.2. The van der Waals surface area contributed by atoms with Crippen LogP contribution in [0.25, 0.3) is 6.08 Å². The van der Waals surface area contributed by atoms with E-state index in [9.17, 15) is 14.4 Å². The molecule has 0 radical (unpaired) electrons. The molecule has 190 valence electrons. The van der Waals surface area contributed by atoms with Gasteiger partial charge in [-0.2, -0.15) is 0 Å². The predicted molar refractivity (Wildman–Crippen MR) is 146 cm³/mol. The fraction of sp³-hybridized carbons (Fsp3) is 0.303. The molecule has 3 aromatic carbocycles. The number of hydrogen-bond acceptors (Lipinski definition) is 4. The molecule has 3 aromatic rings. The second-order valence-corrected chi connectivity index (χ2v) is 9.86. The summed E-state index contributed by atoms with van der Waals surface area (Å²) < 4.78 is 5.39. The van der Waals surface area contributed by atoms with E-state index in [1.54, 1.807) is 13.0 Å². The van der Waals surface area contributed by atoms with E-state index in [4.69, 9.17) is 4.74 Å². The van der Waals surface area contributed by atoms with Gasteiger partial charge in [-0.05, 0) is 67.2 Å². The van der Waals surface area contributed by atoms with E-state index in [1.165, 1.54) is 0 Å². The van der Waals surface area contributed by atoms with Crippen molar-refractivity contribution in [2.75, 3.05) is 6.61 Å². The van der Waals surface area contributed by atoms with Crippen molar-refractivity contribution in [3.63, 3.8) is 0 Å². The Morgan fingerprint density at radius 2 is 1.41 bits per heavy atom. The minimum atomic E-state index is -1.03. The number of ether oxygens (including phenoxy) is 1. The number of carbonyl (C=O) groups is 3. The van der Waals surface area contributed by atoms with Crippen LogP contribution in [-0.2, 0) is 19.1 Å². The number of allylic oxidation sites excluding steroid dienone is 1. The summed E-state index contributed by atoms with van der Waals surface area (Å²) in [6.45, 7) is 7.88. The zero-order valence-electron chi connectivity index (χ0n) is 21.9. The van der Waals surface area contributed by atoms with Crippen LogP contribution < -0.4 is 0 Å². The van der Waals surface area contributed by atoms with Gasteiger partial charge in [0.15, 0.2) is 5.78 Å². The lowest BCUT2D eigenvalue weighted by molar-refractivity contribution is -0.155. The lowest BCUT2D eigenvalue weighted by Gasteiger charge is -2.41. The highest BCUT2D eigenvalue weighted by atomic mass is 16.5. The molecule has 4 atom stereocenters. The van der Waals surface area contributed by atoms with Gasteiger partial charge in [-0.1, -0.05) is 78.9 Å². The van der Waals surface area contributed by atoms with Crippen LogP contribution in [0.5, 0.6) is 0 Å². The highest BCUT2D eigenvalue weighted by Crippen LogP contribution is 2.50. The molecule has 1 aliphatic rings. The first kappa shape index (κ1) is 26.3. The van der Waals surface area contributed by atoms with Crippen LogP contribution in [-0.4, -0.2) is 24.1 Å². The molecular formula is C33H34O4. The molecule has 0 aromatic heterocycles. The number of hydrogen-bond donors (Lipinski definition) is 0. The number of aryl methyl sites for hydroxylation is 3. The SMILES string of the molecule is CCOC(=O)[C@@H]1C(=O)C[C@@H](c2ccccc2C)[C@@H](C(=O)/C=C/c2ccccc2C)[C@H]1c1ccccc1C. The Morgan fingerprint density at radius 1 is 0.838 bits per heavy atom. The zero-order valence-corrected chi connectivity index (χ0v) is 21.9. The Labute approximate surface area is 219 Å². The molecule has 1 aliphatic carbocycles. The first-order chi connectivity index (χ1) is 17.8. The summed E-state index contributed by atoms with van der Waals surface area (Å²) >= 11 is 0. The second kappa shape index (κ2) is 11.5. The molecule has 37 heavy (non-hydrogen) atoms. The summed E-state index contributed by atoms with van der Waals surface area (Å²) in [5.41, 5.74) is 5.82. The van der Waals surface area contributed by atoms with Gasteiger partial charge in [-0.15, -0.1) is 0 Å². The largest absolute Gasteiger partial charge is 0.465 e. The Kier molecular flexibility index (Phi) is 8.17. The third-order valence-electron chi connectivity index (χ3n) is 7.57. The maximum Gasteiger partial charge on any atom is 0.317 e. The summed E-state index contributed by atoms with van der Waals surface area (Å²) in [7, 11) is 0. The van der Waals surface area contributed by atoms with Crippen molar-refractivity contribution in [2.24, 2.45) is 11.8 Å². The number of ketones is 2. The van der Waals surface area contributed by atoms with Gasteiger partial charge in [0.25, 0.3) is 0 Å². The molecule has 0 aliphatic heterocycles. The van der Waals surface area contributed by atoms with Crippen LogP contribution in [0.1, 0.15) is 58.6 Å². The highest BCUT2D eigenvalue weighted by Gasteiger charge is 2.51. The fourth-order valence-electron chi connectivity index (χ4n) is 5.71. The van der Waals surface area contributed by atoms with Gasteiger partial charge in [0.2, 0.25) is 0 Å². The maximum absolute atomic E-state index is 14.2. The van der Waals surface area contributed by atoms with Gasteiger partial charge < -0.3 is 4.74 Å². The van der Waals surface area contributed by atoms with Gasteiger partial charge in [0, 0.05) is 24.2 Å². The summed E-state index contributed by atoms with van der Waals surface area (Å²) in [5, 5.41) is 0. The Bertz CT molecular complexity index is 1340. The molecule has 4 rings (SSSR count). The van der Waals surface area contributed by atoms with Crippen LogP contribution in [0.3, 0.4) is 0 Å². The molecular weight excluding hydrogens is 460 g/mol. The fourth-order valence-corrected chi connectivity index (χ4v) is 5.71. The third-order valence-corrected chi connectivity index (χ3v) is 7.57. The average Bonchev–Trinajstić information content (AvgIpc) is 2.88. The van der Waals surface area contributed by atoms with E-state index in [2.05, 4.69) is 0 Å². The van der Waals surface area contributed by atoms with Crippen LogP contribution in [0, 0.1) is 32.6 Å². The van der Waals surface area contributed by atoms with Crippen LogP contribution in [0.2, 0.25) is 0 Å². The van der Waals surface area contributed by atoms with Crippen molar-refractivity contribution >= 4 is 23.6 Å². The van der Waals surface area contributed by atoms with Gasteiger partial charge in [-0.25, -0.2) is 0 Å². The topological polar surface area (TPSA) is 60.4 Å². The van der Waals surface area contributed by atoms with E-state index in [0.717, 1.165) is 33.4 Å². The Hall–Kier alpha value is -3.79. The quantitative estimate of drug-likeness (QED) is 0.213. The van der Waals surface area contributed by atoms with Crippen molar-refractivity contribution in [1.29, 1.82) is 0 Å².